The molecule has 9 aromatic carbocycles. The molecule has 54 heavy (non-hydrogen) atoms. The van der Waals surface area contributed by atoms with E-state index in [1.54, 1.807) is 0 Å². The number of nitrogens with zero attached hydrogens (tertiary/aromatic N) is 2. The number of oxazole rings is 1. The molecule has 0 amide bonds. The summed E-state index contributed by atoms with van der Waals surface area (Å²) in [4.78, 5) is 7.49. The predicted octanol–water partition coefficient (Wildman–Crippen LogP) is 14.6. The number of hydrogen-bond donors (Lipinski definition) is 0. The summed E-state index contributed by atoms with van der Waals surface area (Å²) in [5, 5.41) is 12.3. The van der Waals surface area contributed by atoms with Crippen molar-refractivity contribution in [1.29, 1.82) is 0 Å². The van der Waals surface area contributed by atoms with E-state index in [0.29, 0.717) is 5.89 Å². The average molecular weight is 707 g/mol. The molecule has 5 heteroatoms. The molecule has 0 aliphatic heterocycles. The van der Waals surface area contributed by atoms with Gasteiger partial charge in [0.1, 0.15) is 16.9 Å². The highest BCUT2D eigenvalue weighted by molar-refractivity contribution is 7.25. The first kappa shape index (κ1) is 28.6. The van der Waals surface area contributed by atoms with Crippen LogP contribution in [-0.4, -0.2) is 4.98 Å². The summed E-state index contributed by atoms with van der Waals surface area (Å²) in [6.45, 7) is 0. The minimum absolute atomic E-state index is 0.624. The van der Waals surface area contributed by atoms with Crippen LogP contribution in [0.4, 0.5) is 17.1 Å². The van der Waals surface area contributed by atoms with Crippen molar-refractivity contribution < 1.29 is 8.83 Å². The second kappa shape index (κ2) is 10.3. The van der Waals surface area contributed by atoms with E-state index in [1.165, 1.54) is 52.5 Å². The standard InChI is InChI=1S/C49H26N2O2S/c1-3-10-40-34(8-1)37-25-32(19-22-41(37)52-40)51(33-20-23-43-38(26-33)35-9-2-4-11-42(35)54-43)31-17-14-29(15-18-31)49-50-47-36-21-16-28-13-12-27-6-5-7-30-24-39(48(47)53-49)46(36)45(28)44(27)30/h1-26H. The van der Waals surface area contributed by atoms with Gasteiger partial charge in [-0.15, -0.1) is 11.3 Å². The predicted molar refractivity (Wildman–Crippen MR) is 225 cm³/mol. The molecule has 0 unspecified atom stereocenters. The Morgan fingerprint density at radius 2 is 1.15 bits per heavy atom. The average Bonchev–Trinajstić information content (AvgIpc) is 3.99. The van der Waals surface area contributed by atoms with Gasteiger partial charge in [-0.1, -0.05) is 78.9 Å². The molecule has 0 fully saturated rings. The fourth-order valence-corrected chi connectivity index (χ4v) is 10.0. The van der Waals surface area contributed by atoms with Crippen molar-refractivity contribution in [3.8, 4) is 34.0 Å². The van der Waals surface area contributed by atoms with Crippen LogP contribution in [0.5, 0.6) is 0 Å². The van der Waals surface area contributed by atoms with Crippen molar-refractivity contribution in [2.24, 2.45) is 0 Å². The highest BCUT2D eigenvalue weighted by atomic mass is 32.1. The molecule has 0 atom stereocenters. The van der Waals surface area contributed by atoms with Gasteiger partial charge in [0, 0.05) is 70.1 Å². The molecule has 0 saturated carbocycles. The van der Waals surface area contributed by atoms with Crippen molar-refractivity contribution in [3.05, 3.63) is 158 Å². The maximum Gasteiger partial charge on any atom is 0.227 e. The fourth-order valence-electron chi connectivity index (χ4n) is 8.94. The minimum Gasteiger partial charge on any atom is -0.456 e. The third-order valence-electron chi connectivity index (χ3n) is 11.4. The molecule has 250 valence electrons. The van der Waals surface area contributed by atoms with E-state index in [0.717, 1.165) is 67.1 Å². The van der Waals surface area contributed by atoms with Crippen molar-refractivity contribution >= 4 is 103 Å². The lowest BCUT2D eigenvalue weighted by Gasteiger charge is -2.26. The summed E-state index contributed by atoms with van der Waals surface area (Å²) < 4.78 is 15.5. The molecule has 0 spiro atoms. The Morgan fingerprint density at radius 3 is 2.06 bits per heavy atom. The van der Waals surface area contributed by atoms with Crippen LogP contribution in [0.25, 0.3) is 108 Å². The van der Waals surface area contributed by atoms with Gasteiger partial charge < -0.3 is 13.7 Å². The van der Waals surface area contributed by atoms with Crippen LogP contribution in [0.1, 0.15) is 0 Å². The van der Waals surface area contributed by atoms with Crippen LogP contribution >= 0.6 is 11.3 Å². The van der Waals surface area contributed by atoms with E-state index < -0.39 is 0 Å². The van der Waals surface area contributed by atoms with Crippen LogP contribution < -0.4 is 4.90 Å². The van der Waals surface area contributed by atoms with Crippen LogP contribution in [0, 0.1) is 0 Å². The quantitative estimate of drug-likeness (QED) is 0.171. The number of hydrogen-bond acceptors (Lipinski definition) is 5. The Kier molecular flexibility index (Phi) is 5.48. The smallest absolute Gasteiger partial charge is 0.227 e. The first-order valence-corrected chi connectivity index (χ1v) is 19.0. The molecule has 0 N–H and O–H groups in total. The summed E-state index contributed by atoms with van der Waals surface area (Å²) in [5.41, 5.74) is 9.06. The molecule has 3 aromatic heterocycles. The number of benzene rings is 9. The molecule has 0 radical (unpaired) electrons. The molecule has 0 saturated heterocycles. The molecular formula is C49H26N2O2S. The van der Waals surface area contributed by atoms with Gasteiger partial charge in [0.05, 0.1) is 0 Å². The zero-order valence-corrected chi connectivity index (χ0v) is 29.4. The fraction of sp³-hybridized carbons (Fsp3) is 0. The van der Waals surface area contributed by atoms with E-state index in [1.807, 2.05) is 23.5 Å². The maximum absolute atomic E-state index is 6.70. The molecule has 12 aromatic rings. The van der Waals surface area contributed by atoms with Gasteiger partial charge >= 0.3 is 0 Å². The second-order valence-electron chi connectivity index (χ2n) is 14.3. The van der Waals surface area contributed by atoms with E-state index >= 15 is 0 Å². The number of para-hydroxylation sites is 1. The van der Waals surface area contributed by atoms with E-state index in [2.05, 4.69) is 150 Å². The largest absolute Gasteiger partial charge is 0.456 e. The van der Waals surface area contributed by atoms with E-state index in [4.69, 9.17) is 13.8 Å². The molecule has 1 aliphatic rings. The lowest BCUT2D eigenvalue weighted by molar-refractivity contribution is 0.590. The minimum atomic E-state index is 0.624. The molecule has 0 bridgehead atoms. The summed E-state index contributed by atoms with van der Waals surface area (Å²) in [5.74, 6) is 1.47. The highest BCUT2D eigenvalue weighted by Gasteiger charge is 2.30. The van der Waals surface area contributed by atoms with Crippen molar-refractivity contribution in [1.82, 2.24) is 4.98 Å². The van der Waals surface area contributed by atoms with Crippen molar-refractivity contribution in [3.63, 3.8) is 0 Å². The first-order chi connectivity index (χ1) is 26.7. The van der Waals surface area contributed by atoms with Crippen molar-refractivity contribution in [2.75, 3.05) is 4.90 Å². The van der Waals surface area contributed by atoms with Gasteiger partial charge in [-0.05, 0) is 106 Å². The number of anilines is 3. The molecular weight excluding hydrogens is 681 g/mol. The number of rotatable bonds is 4. The normalized spacial score (nSPS) is 12.4. The van der Waals surface area contributed by atoms with Gasteiger partial charge in [0.15, 0.2) is 5.76 Å². The molecule has 4 nitrogen and oxygen atoms in total. The monoisotopic (exact) mass is 706 g/mol. The summed E-state index contributed by atoms with van der Waals surface area (Å²) in [6.07, 6.45) is 0. The number of aromatic nitrogens is 1. The summed E-state index contributed by atoms with van der Waals surface area (Å²) in [6, 6.07) is 56.5. The maximum atomic E-state index is 6.70. The Balaban J connectivity index is 0.952. The third kappa shape index (κ3) is 3.83. The lowest BCUT2D eigenvalue weighted by atomic mass is 9.91. The van der Waals surface area contributed by atoms with Crippen LogP contribution in [0.15, 0.2) is 167 Å². The van der Waals surface area contributed by atoms with Gasteiger partial charge in [-0.2, -0.15) is 0 Å². The second-order valence-corrected chi connectivity index (χ2v) is 15.4. The Hall–Kier alpha value is -6.95. The molecule has 1 aliphatic carbocycles. The van der Waals surface area contributed by atoms with Crippen LogP contribution in [-0.2, 0) is 0 Å². The van der Waals surface area contributed by atoms with Gasteiger partial charge in [0.25, 0.3) is 0 Å². The van der Waals surface area contributed by atoms with Gasteiger partial charge in [0.2, 0.25) is 5.89 Å². The summed E-state index contributed by atoms with van der Waals surface area (Å²) in [7, 11) is 0. The van der Waals surface area contributed by atoms with Crippen LogP contribution in [0.3, 0.4) is 0 Å². The Bertz CT molecular complexity index is 3400. The van der Waals surface area contributed by atoms with Gasteiger partial charge in [-0.3, -0.25) is 0 Å². The first-order valence-electron chi connectivity index (χ1n) is 18.2. The number of furan rings is 1. The Morgan fingerprint density at radius 1 is 0.444 bits per heavy atom. The highest BCUT2D eigenvalue weighted by Crippen LogP contribution is 2.52. The number of thiophene rings is 1. The topological polar surface area (TPSA) is 42.4 Å². The lowest BCUT2D eigenvalue weighted by Crippen LogP contribution is -2.09. The molecule has 3 heterocycles. The SMILES string of the molecule is c1cc2ccc3ccc4c5c(cc(c1)c2c35)-c1oc(-c2ccc(N(c3ccc5oc6ccccc6c5c3)c3ccc5sc6ccccc6c5c3)cc2)nc1-4. The zero-order valence-electron chi connectivity index (χ0n) is 28.6. The van der Waals surface area contributed by atoms with E-state index in [9.17, 15) is 0 Å². The number of fused-ring (bicyclic) bond motifs is 9. The zero-order chi connectivity index (χ0) is 35.1. The van der Waals surface area contributed by atoms with Crippen molar-refractivity contribution in [2.45, 2.75) is 0 Å². The van der Waals surface area contributed by atoms with E-state index in [-0.39, 0.29) is 0 Å². The van der Waals surface area contributed by atoms with Gasteiger partial charge in [-0.25, -0.2) is 4.98 Å². The third-order valence-corrected chi connectivity index (χ3v) is 12.5. The Labute approximate surface area is 312 Å². The van der Waals surface area contributed by atoms with Crippen LogP contribution in [0.2, 0.25) is 0 Å². The molecule has 13 rings (SSSR count). The summed E-state index contributed by atoms with van der Waals surface area (Å²) >= 11 is 1.83.